The van der Waals surface area contributed by atoms with Crippen molar-refractivity contribution >= 4 is 50.0 Å². The van der Waals surface area contributed by atoms with Crippen LogP contribution >= 0.6 is 22.9 Å². The van der Waals surface area contributed by atoms with Gasteiger partial charge in [0.1, 0.15) is 0 Å². The van der Waals surface area contributed by atoms with Crippen LogP contribution in [0.2, 0.25) is 5.02 Å². The highest BCUT2D eigenvalue weighted by atomic mass is 35.5. The molecule has 0 atom stereocenters. The average Bonchev–Trinajstić information content (AvgIpc) is 2.91. The van der Waals surface area contributed by atoms with E-state index < -0.39 is 0 Å². The molecule has 6 heteroatoms. The molecule has 1 heterocycles. The monoisotopic (exact) mass is 345 g/mol. The van der Waals surface area contributed by atoms with E-state index in [-0.39, 0.29) is 6.03 Å². The highest BCUT2D eigenvalue weighted by Crippen LogP contribution is 2.31. The van der Waals surface area contributed by atoms with Crippen LogP contribution in [-0.2, 0) is 0 Å². The van der Waals surface area contributed by atoms with Gasteiger partial charge in [0.05, 0.1) is 10.2 Å². The number of rotatable bonds is 3. The fourth-order valence-corrected chi connectivity index (χ4v) is 3.30. The predicted octanol–water partition coefficient (Wildman–Crippen LogP) is 5.72. The number of hydrogen-bond acceptors (Lipinski definition) is 3. The molecule has 2 aromatic carbocycles. The number of nitrogens with one attached hydrogen (secondary N) is 2. The summed E-state index contributed by atoms with van der Waals surface area (Å²) in [5, 5.41) is 6.75. The molecular weight excluding hydrogens is 330 g/mol. The number of carbonyl (C=O) groups is 1. The Kier molecular flexibility index (Phi) is 4.50. The minimum atomic E-state index is -0.322. The number of para-hydroxylation sites is 1. The van der Waals surface area contributed by atoms with E-state index in [2.05, 4.69) is 35.5 Å². The number of fused-ring (bicyclic) bond motifs is 1. The van der Waals surface area contributed by atoms with Crippen LogP contribution in [0.4, 0.5) is 15.6 Å². The van der Waals surface area contributed by atoms with E-state index in [9.17, 15) is 4.79 Å². The van der Waals surface area contributed by atoms with Crippen molar-refractivity contribution in [3.63, 3.8) is 0 Å². The third kappa shape index (κ3) is 3.63. The maximum absolute atomic E-state index is 12.1. The molecule has 0 aliphatic carbocycles. The first-order valence-electron chi connectivity index (χ1n) is 7.26. The molecule has 4 nitrogen and oxygen atoms in total. The zero-order chi connectivity index (χ0) is 16.4. The minimum Gasteiger partial charge on any atom is -0.308 e. The van der Waals surface area contributed by atoms with E-state index in [1.807, 2.05) is 12.1 Å². The van der Waals surface area contributed by atoms with E-state index in [0.29, 0.717) is 21.8 Å². The first kappa shape index (κ1) is 15.8. The van der Waals surface area contributed by atoms with Crippen molar-refractivity contribution in [1.29, 1.82) is 0 Å². The van der Waals surface area contributed by atoms with Crippen molar-refractivity contribution in [2.45, 2.75) is 19.8 Å². The number of amides is 2. The highest BCUT2D eigenvalue weighted by molar-refractivity contribution is 7.22. The summed E-state index contributed by atoms with van der Waals surface area (Å²) < 4.78 is 1.07. The van der Waals surface area contributed by atoms with Crippen LogP contribution in [-0.4, -0.2) is 11.0 Å². The molecule has 3 aromatic rings. The van der Waals surface area contributed by atoms with Gasteiger partial charge in [0, 0.05) is 10.7 Å². The second-order valence-electron chi connectivity index (χ2n) is 5.45. The minimum absolute atomic E-state index is 0.322. The smallest absolute Gasteiger partial charge is 0.308 e. The summed E-state index contributed by atoms with van der Waals surface area (Å²) in [5.41, 5.74) is 2.81. The number of thiazole rings is 1. The highest BCUT2D eigenvalue weighted by Gasteiger charge is 2.12. The normalized spacial score (nSPS) is 11.0. The van der Waals surface area contributed by atoms with Gasteiger partial charge in [0.25, 0.3) is 0 Å². The van der Waals surface area contributed by atoms with E-state index in [1.165, 1.54) is 16.9 Å². The molecule has 1 aromatic heterocycles. The zero-order valence-corrected chi connectivity index (χ0v) is 14.3. The van der Waals surface area contributed by atoms with E-state index in [1.54, 1.807) is 24.3 Å². The summed E-state index contributed by atoms with van der Waals surface area (Å²) in [6.45, 7) is 4.27. The molecule has 0 bridgehead atoms. The molecule has 2 amide bonds. The number of anilines is 2. The SMILES string of the molecule is CC(C)c1cccc2sc(NC(=O)Nc3ccc(Cl)cc3)nc12. The summed E-state index contributed by atoms with van der Waals surface area (Å²) in [4.78, 5) is 16.6. The van der Waals surface area contributed by atoms with Gasteiger partial charge >= 0.3 is 6.03 Å². The molecule has 2 N–H and O–H groups in total. The Hall–Kier alpha value is -2.11. The molecule has 118 valence electrons. The van der Waals surface area contributed by atoms with Gasteiger partial charge in [-0.05, 0) is 41.8 Å². The standard InChI is InChI=1S/C17H16ClN3OS/c1-10(2)13-4-3-5-14-15(13)20-17(23-14)21-16(22)19-12-8-6-11(18)7-9-12/h3-10H,1-2H3,(H2,19,20,21,22). The van der Waals surface area contributed by atoms with Gasteiger partial charge < -0.3 is 5.32 Å². The molecule has 3 rings (SSSR count). The van der Waals surface area contributed by atoms with Gasteiger partial charge in [-0.15, -0.1) is 0 Å². The fourth-order valence-electron chi connectivity index (χ4n) is 2.28. The largest absolute Gasteiger partial charge is 0.325 e. The number of urea groups is 1. The van der Waals surface area contributed by atoms with Gasteiger partial charge in [-0.2, -0.15) is 0 Å². The number of nitrogens with zero attached hydrogens (tertiary/aromatic N) is 1. The number of hydrogen-bond donors (Lipinski definition) is 2. The van der Waals surface area contributed by atoms with Crippen molar-refractivity contribution in [2.24, 2.45) is 0 Å². The number of aromatic nitrogens is 1. The van der Waals surface area contributed by atoms with Crippen LogP contribution in [0.25, 0.3) is 10.2 Å². The molecular formula is C17H16ClN3OS. The lowest BCUT2D eigenvalue weighted by atomic mass is 10.0. The van der Waals surface area contributed by atoms with Crippen LogP contribution in [0.5, 0.6) is 0 Å². The Bertz CT molecular complexity index is 843. The molecule has 23 heavy (non-hydrogen) atoms. The Morgan fingerprint density at radius 1 is 1.13 bits per heavy atom. The van der Waals surface area contributed by atoms with Crippen LogP contribution in [0, 0.1) is 0 Å². The third-order valence-corrected chi connectivity index (χ3v) is 4.58. The van der Waals surface area contributed by atoms with Crippen LogP contribution < -0.4 is 10.6 Å². The van der Waals surface area contributed by atoms with Crippen molar-refractivity contribution < 1.29 is 4.79 Å². The van der Waals surface area contributed by atoms with Crippen LogP contribution in [0.3, 0.4) is 0 Å². The topological polar surface area (TPSA) is 54.0 Å². The maximum Gasteiger partial charge on any atom is 0.325 e. The summed E-state index contributed by atoms with van der Waals surface area (Å²) in [5.74, 6) is 0.386. The Labute approximate surface area is 143 Å². The quantitative estimate of drug-likeness (QED) is 0.638. The van der Waals surface area contributed by atoms with Gasteiger partial charge in [0.2, 0.25) is 0 Å². The van der Waals surface area contributed by atoms with Gasteiger partial charge in [-0.25, -0.2) is 9.78 Å². The number of carbonyl (C=O) groups excluding carboxylic acids is 1. The van der Waals surface area contributed by atoms with Crippen molar-refractivity contribution in [3.8, 4) is 0 Å². The average molecular weight is 346 g/mol. The Morgan fingerprint density at radius 3 is 2.57 bits per heavy atom. The summed E-state index contributed by atoms with van der Waals surface area (Å²) >= 11 is 7.29. The first-order chi connectivity index (χ1) is 11.0. The second-order valence-corrected chi connectivity index (χ2v) is 6.92. The number of benzene rings is 2. The van der Waals surface area contributed by atoms with Gasteiger partial charge in [-0.1, -0.05) is 48.9 Å². The first-order valence-corrected chi connectivity index (χ1v) is 8.45. The van der Waals surface area contributed by atoms with Crippen LogP contribution in [0.1, 0.15) is 25.3 Å². The summed E-state index contributed by atoms with van der Waals surface area (Å²) in [6.07, 6.45) is 0. The van der Waals surface area contributed by atoms with E-state index in [4.69, 9.17) is 11.6 Å². The summed E-state index contributed by atoms with van der Waals surface area (Å²) in [7, 11) is 0. The Balaban J connectivity index is 1.77. The van der Waals surface area contributed by atoms with Crippen LogP contribution in [0.15, 0.2) is 42.5 Å². The van der Waals surface area contributed by atoms with E-state index >= 15 is 0 Å². The van der Waals surface area contributed by atoms with E-state index in [0.717, 1.165) is 10.2 Å². The molecule has 0 unspecified atom stereocenters. The van der Waals surface area contributed by atoms with Gasteiger partial charge in [-0.3, -0.25) is 5.32 Å². The molecule has 0 radical (unpaired) electrons. The Morgan fingerprint density at radius 2 is 1.87 bits per heavy atom. The predicted molar refractivity (Wildman–Crippen MR) is 97.8 cm³/mol. The molecule has 0 saturated heterocycles. The van der Waals surface area contributed by atoms with Crippen molar-refractivity contribution in [1.82, 2.24) is 4.98 Å². The molecule has 0 aliphatic rings. The summed E-state index contributed by atoms with van der Waals surface area (Å²) in [6, 6.07) is 12.7. The van der Waals surface area contributed by atoms with Crippen molar-refractivity contribution in [3.05, 3.63) is 53.1 Å². The molecule has 0 fully saturated rings. The molecule has 0 saturated carbocycles. The molecule has 0 spiro atoms. The zero-order valence-electron chi connectivity index (χ0n) is 12.8. The maximum atomic E-state index is 12.1. The lowest BCUT2D eigenvalue weighted by Gasteiger charge is -2.05. The van der Waals surface area contributed by atoms with Crippen molar-refractivity contribution in [2.75, 3.05) is 10.6 Å². The molecule has 0 aliphatic heterocycles. The lowest BCUT2D eigenvalue weighted by molar-refractivity contribution is 0.262. The fraction of sp³-hybridized carbons (Fsp3) is 0.176. The van der Waals surface area contributed by atoms with Gasteiger partial charge in [0.15, 0.2) is 5.13 Å². The second kappa shape index (κ2) is 6.56. The number of halogens is 1. The third-order valence-electron chi connectivity index (χ3n) is 3.39. The lowest BCUT2D eigenvalue weighted by Crippen LogP contribution is -2.19.